The Labute approximate surface area is 241 Å². The van der Waals surface area contributed by atoms with Crippen molar-refractivity contribution in [1.82, 2.24) is 19.8 Å². The summed E-state index contributed by atoms with van der Waals surface area (Å²) in [7, 11) is 2.13. The summed E-state index contributed by atoms with van der Waals surface area (Å²) >= 11 is 0. The monoisotopic (exact) mass is 552 g/mol. The number of ether oxygens (including phenoxy) is 2. The van der Waals surface area contributed by atoms with E-state index in [2.05, 4.69) is 70.7 Å². The van der Waals surface area contributed by atoms with Crippen LogP contribution in [-0.2, 0) is 22.6 Å². The first-order valence-electron chi connectivity index (χ1n) is 14.4. The third kappa shape index (κ3) is 5.50. The molecule has 2 fully saturated rings. The zero-order valence-electron chi connectivity index (χ0n) is 23.5. The lowest BCUT2D eigenvalue weighted by molar-refractivity contribution is -0.128. The van der Waals surface area contributed by atoms with Gasteiger partial charge in [-0.15, -0.1) is 0 Å². The maximum atomic E-state index is 12.5. The van der Waals surface area contributed by atoms with Crippen LogP contribution < -0.4 is 9.64 Å². The number of piperazine rings is 1. The number of hydrogen-bond donors (Lipinski definition) is 0. The maximum absolute atomic E-state index is 12.5. The van der Waals surface area contributed by atoms with Crippen LogP contribution in [0, 0.1) is 6.57 Å². The first kappa shape index (κ1) is 27.2. The number of rotatable bonds is 7. The molecule has 0 N–H and O–H groups in total. The highest BCUT2D eigenvalue weighted by Crippen LogP contribution is 2.38. The van der Waals surface area contributed by atoms with Crippen LogP contribution in [0.5, 0.6) is 6.01 Å². The van der Waals surface area contributed by atoms with Gasteiger partial charge in [0.05, 0.1) is 18.4 Å². The molecular weight excluding hydrogens is 516 g/mol. The predicted octanol–water partition coefficient (Wildman–Crippen LogP) is 4.04. The number of anilines is 1. The van der Waals surface area contributed by atoms with Crippen LogP contribution in [0.25, 0.3) is 15.6 Å². The van der Waals surface area contributed by atoms with Crippen LogP contribution >= 0.6 is 0 Å². The Balaban J connectivity index is 1.33. The minimum absolute atomic E-state index is 0.137. The summed E-state index contributed by atoms with van der Waals surface area (Å²) in [4.78, 5) is 32.2. The number of likely N-dealkylation sites (N-methyl/N-ethyl adjacent to an activating group) is 1. The summed E-state index contributed by atoms with van der Waals surface area (Å²) in [6.07, 6.45) is 4.07. The Morgan fingerprint density at radius 1 is 1.17 bits per heavy atom. The normalized spacial score (nSPS) is 22.8. The molecule has 9 nitrogen and oxygen atoms in total. The first-order valence-corrected chi connectivity index (χ1v) is 14.4. The van der Waals surface area contributed by atoms with Crippen molar-refractivity contribution in [3.8, 4) is 6.01 Å². The third-order valence-corrected chi connectivity index (χ3v) is 8.65. The molecule has 0 bridgehead atoms. The Morgan fingerprint density at radius 3 is 2.83 bits per heavy atom. The van der Waals surface area contributed by atoms with Crippen LogP contribution in [0.1, 0.15) is 35.8 Å². The van der Waals surface area contributed by atoms with E-state index in [0.29, 0.717) is 51.3 Å². The lowest BCUT2D eigenvalue weighted by Crippen LogP contribution is -2.56. The molecule has 2 saturated heterocycles. The maximum Gasteiger partial charge on any atom is 0.318 e. The second-order valence-corrected chi connectivity index (χ2v) is 11.1. The van der Waals surface area contributed by atoms with Crippen molar-refractivity contribution in [1.29, 1.82) is 0 Å². The Hall–Kier alpha value is -4.00. The van der Waals surface area contributed by atoms with Crippen molar-refractivity contribution in [2.45, 2.75) is 44.1 Å². The van der Waals surface area contributed by atoms with Gasteiger partial charge >= 0.3 is 6.01 Å². The number of carbonyl (C=O) groups excluding carboxylic acids is 1. The topological polar surface area (TPSA) is 75.4 Å². The molecule has 212 valence electrons. The number of likely N-dealkylation sites (tertiary alicyclic amines) is 1. The van der Waals surface area contributed by atoms with E-state index in [9.17, 15) is 4.79 Å². The SMILES string of the molecule is [C-]#[N+]C[C@H]1CN(c2nc(OC[C@@H]3CCCN3C)nc3c2CO[C@@H](c2cccc4ccccc24)C3)CCN1C(=O)C=C. The van der Waals surface area contributed by atoms with E-state index in [1.165, 1.54) is 23.3 Å². The van der Waals surface area contributed by atoms with Crippen molar-refractivity contribution in [2.75, 3.05) is 51.3 Å². The molecule has 0 unspecified atom stereocenters. The summed E-state index contributed by atoms with van der Waals surface area (Å²) < 4.78 is 12.8. The minimum atomic E-state index is -0.248. The Bertz CT molecular complexity index is 1480. The van der Waals surface area contributed by atoms with Crippen molar-refractivity contribution in [3.63, 3.8) is 0 Å². The predicted molar refractivity (Wildman–Crippen MR) is 158 cm³/mol. The first-order chi connectivity index (χ1) is 20.1. The second-order valence-electron chi connectivity index (χ2n) is 11.1. The van der Waals surface area contributed by atoms with Gasteiger partial charge in [-0.1, -0.05) is 49.0 Å². The molecule has 3 atom stereocenters. The Morgan fingerprint density at radius 2 is 2.02 bits per heavy atom. The van der Waals surface area contributed by atoms with E-state index in [4.69, 9.17) is 26.0 Å². The fraction of sp³-hybridized carbons (Fsp3) is 0.438. The number of benzene rings is 2. The molecule has 3 aliphatic heterocycles. The number of nitrogens with zero attached hydrogens (tertiary/aromatic N) is 6. The molecule has 9 heteroatoms. The van der Waals surface area contributed by atoms with Crippen LogP contribution in [0.2, 0.25) is 0 Å². The molecule has 0 aliphatic carbocycles. The van der Waals surface area contributed by atoms with Gasteiger partial charge in [-0.2, -0.15) is 9.97 Å². The van der Waals surface area contributed by atoms with E-state index in [-0.39, 0.29) is 24.6 Å². The number of hydrogen-bond acceptors (Lipinski definition) is 7. The van der Waals surface area contributed by atoms with E-state index in [1.54, 1.807) is 4.90 Å². The lowest BCUT2D eigenvalue weighted by atomic mass is 9.94. The quantitative estimate of drug-likeness (QED) is 0.324. The number of amides is 1. The summed E-state index contributed by atoms with van der Waals surface area (Å²) in [6.45, 7) is 14.9. The van der Waals surface area contributed by atoms with Gasteiger partial charge in [0.2, 0.25) is 12.5 Å². The number of aromatic nitrogens is 2. The van der Waals surface area contributed by atoms with Gasteiger partial charge in [0, 0.05) is 37.7 Å². The molecule has 1 amide bonds. The minimum Gasteiger partial charge on any atom is -0.462 e. The molecule has 3 aliphatic rings. The smallest absolute Gasteiger partial charge is 0.318 e. The fourth-order valence-electron chi connectivity index (χ4n) is 6.36. The Kier molecular flexibility index (Phi) is 7.86. The third-order valence-electron chi connectivity index (χ3n) is 8.65. The average Bonchev–Trinajstić information content (AvgIpc) is 3.43. The van der Waals surface area contributed by atoms with Gasteiger partial charge in [-0.25, -0.2) is 6.57 Å². The van der Waals surface area contributed by atoms with Crippen LogP contribution in [0.4, 0.5) is 5.82 Å². The van der Waals surface area contributed by atoms with Gasteiger partial charge in [0.15, 0.2) is 0 Å². The molecule has 41 heavy (non-hydrogen) atoms. The molecule has 0 radical (unpaired) electrons. The summed E-state index contributed by atoms with van der Waals surface area (Å²) in [6, 6.07) is 15.2. The van der Waals surface area contributed by atoms with Gasteiger partial charge in [0.25, 0.3) is 0 Å². The van der Waals surface area contributed by atoms with Gasteiger partial charge in [-0.05, 0) is 48.8 Å². The highest BCUT2D eigenvalue weighted by molar-refractivity contribution is 5.87. The molecule has 1 aromatic heterocycles. The van der Waals surface area contributed by atoms with Crippen molar-refractivity contribution >= 4 is 22.5 Å². The van der Waals surface area contributed by atoms with Crippen molar-refractivity contribution in [3.05, 3.63) is 83.4 Å². The van der Waals surface area contributed by atoms with E-state index < -0.39 is 0 Å². The molecule has 0 saturated carbocycles. The summed E-state index contributed by atoms with van der Waals surface area (Å²) in [5, 5.41) is 2.37. The van der Waals surface area contributed by atoms with Crippen LogP contribution in [0.3, 0.4) is 0 Å². The highest BCUT2D eigenvalue weighted by atomic mass is 16.5. The molecule has 4 heterocycles. The zero-order valence-corrected chi connectivity index (χ0v) is 23.5. The van der Waals surface area contributed by atoms with E-state index in [1.807, 2.05) is 0 Å². The molecule has 3 aromatic rings. The summed E-state index contributed by atoms with van der Waals surface area (Å²) in [5.41, 5.74) is 3.04. The standard InChI is InChI=1S/C32H36N6O3/c1-4-30(39)38-16-15-37(19-24(38)18-33-2)31-27-21-40-29(26-13-7-10-22-9-5-6-12-25(22)26)17-28(27)34-32(35-31)41-20-23-11-8-14-36(23)3/h4-7,9-10,12-13,23-24,29H,1,8,11,14-21H2,3H3/t23-,24-,29+/m0/s1. The number of carbonyl (C=O) groups is 1. The molecular formula is C32H36N6O3. The largest absolute Gasteiger partial charge is 0.462 e. The molecule has 2 aromatic carbocycles. The van der Waals surface area contributed by atoms with Crippen molar-refractivity contribution in [2.24, 2.45) is 0 Å². The average molecular weight is 553 g/mol. The lowest BCUT2D eigenvalue weighted by Gasteiger charge is -2.40. The van der Waals surface area contributed by atoms with Gasteiger partial charge in [-0.3, -0.25) is 4.79 Å². The molecule has 0 spiro atoms. The zero-order chi connectivity index (χ0) is 28.3. The number of fused-ring (bicyclic) bond motifs is 2. The fourth-order valence-corrected chi connectivity index (χ4v) is 6.36. The van der Waals surface area contributed by atoms with Crippen LogP contribution in [0.15, 0.2) is 55.1 Å². The van der Waals surface area contributed by atoms with Gasteiger partial charge in [0.1, 0.15) is 18.5 Å². The van der Waals surface area contributed by atoms with Crippen LogP contribution in [-0.4, -0.2) is 84.1 Å². The second kappa shape index (κ2) is 11.9. The van der Waals surface area contributed by atoms with E-state index >= 15 is 0 Å². The highest BCUT2D eigenvalue weighted by Gasteiger charge is 2.35. The summed E-state index contributed by atoms with van der Waals surface area (Å²) in [5.74, 6) is 0.635. The van der Waals surface area contributed by atoms with Gasteiger partial charge < -0.3 is 29.0 Å². The van der Waals surface area contributed by atoms with E-state index in [0.717, 1.165) is 35.6 Å². The van der Waals surface area contributed by atoms with Crippen molar-refractivity contribution < 1.29 is 14.3 Å². The molecule has 6 rings (SSSR count).